The number of benzene rings is 2. The van der Waals surface area contributed by atoms with Crippen molar-refractivity contribution >= 4 is 11.6 Å². The van der Waals surface area contributed by atoms with Crippen LogP contribution in [0, 0.1) is 0 Å². The Labute approximate surface area is 220 Å². The highest BCUT2D eigenvalue weighted by Crippen LogP contribution is 2.31. The van der Waals surface area contributed by atoms with E-state index in [1.165, 1.54) is 94.6 Å². The average Bonchev–Trinajstić information content (AvgIpc) is 2.87. The van der Waals surface area contributed by atoms with Crippen molar-refractivity contribution in [2.75, 3.05) is 13.2 Å². The Balaban J connectivity index is 1.69. The lowest BCUT2D eigenvalue weighted by atomic mass is 10.0. The molecule has 0 radical (unpaired) electrons. The number of aryl methyl sites for hydroxylation is 1. The number of unbranched alkanes of at least 4 members (excludes halogenated alkanes) is 11. The molecule has 2 rings (SSSR count). The average molecular weight is 501 g/mol. The van der Waals surface area contributed by atoms with Gasteiger partial charge in [0.15, 0.2) is 0 Å². The maximum Gasteiger partial charge on any atom is 0.138 e. The Kier molecular flexibility index (Phi) is 15.9. The quantitative estimate of drug-likeness (QED) is 0.168. The third-order valence-electron chi connectivity index (χ3n) is 6.66. The maximum absolute atomic E-state index is 6.55. The molecule has 0 bridgehead atoms. The molecule has 0 aliphatic carbocycles. The first-order chi connectivity index (χ1) is 17.1. The molecule has 0 aromatic heterocycles. The first-order valence-electron chi connectivity index (χ1n) is 14.3. The van der Waals surface area contributed by atoms with Crippen molar-refractivity contribution in [2.45, 2.75) is 117 Å². The minimum atomic E-state index is 0.0604. The van der Waals surface area contributed by atoms with Crippen LogP contribution in [0.25, 0.3) is 11.1 Å². The zero-order valence-electron chi connectivity index (χ0n) is 22.6. The lowest BCUT2D eigenvalue weighted by molar-refractivity contribution is 0.0302. The van der Waals surface area contributed by atoms with E-state index in [9.17, 15) is 0 Å². The molecule has 0 aliphatic heterocycles. The molecule has 3 heteroatoms. The molecule has 2 aromatic carbocycles. The zero-order chi connectivity index (χ0) is 25.1. The van der Waals surface area contributed by atoms with E-state index in [0.717, 1.165) is 24.3 Å². The third-order valence-corrected chi connectivity index (χ3v) is 6.96. The summed E-state index contributed by atoms with van der Waals surface area (Å²) in [6.07, 6.45) is 18.4. The highest BCUT2D eigenvalue weighted by molar-refractivity contribution is 6.32. The van der Waals surface area contributed by atoms with Crippen LogP contribution in [-0.4, -0.2) is 19.3 Å². The van der Waals surface area contributed by atoms with E-state index < -0.39 is 0 Å². The van der Waals surface area contributed by atoms with Crippen molar-refractivity contribution < 1.29 is 9.47 Å². The molecule has 0 heterocycles. The van der Waals surface area contributed by atoms with E-state index in [2.05, 4.69) is 51.1 Å². The molecule has 2 nitrogen and oxygen atoms in total. The molecule has 0 fully saturated rings. The maximum atomic E-state index is 6.55. The van der Waals surface area contributed by atoms with Gasteiger partial charge in [-0.3, -0.25) is 0 Å². The largest absolute Gasteiger partial charge is 0.489 e. The second kappa shape index (κ2) is 18.7. The van der Waals surface area contributed by atoms with Crippen LogP contribution >= 0.6 is 11.6 Å². The summed E-state index contributed by atoms with van der Waals surface area (Å²) in [6.45, 7) is 7.91. The second-order valence-corrected chi connectivity index (χ2v) is 10.4. The molecule has 0 aliphatic rings. The molecule has 0 N–H and O–H groups in total. The number of rotatable bonds is 20. The molecule has 1 unspecified atom stereocenters. The number of hydrogen-bond acceptors (Lipinski definition) is 2. The van der Waals surface area contributed by atoms with Crippen LogP contribution in [0.15, 0.2) is 42.5 Å². The fourth-order valence-electron chi connectivity index (χ4n) is 4.37. The molecule has 0 spiro atoms. The predicted molar refractivity (Wildman–Crippen MR) is 153 cm³/mol. The van der Waals surface area contributed by atoms with E-state index in [-0.39, 0.29) is 6.10 Å². The van der Waals surface area contributed by atoms with Crippen molar-refractivity contribution in [1.29, 1.82) is 0 Å². The van der Waals surface area contributed by atoms with Gasteiger partial charge in [0.1, 0.15) is 12.4 Å². The van der Waals surface area contributed by atoms with E-state index in [1.807, 2.05) is 12.1 Å². The van der Waals surface area contributed by atoms with E-state index in [0.29, 0.717) is 11.6 Å². The van der Waals surface area contributed by atoms with Gasteiger partial charge in [0.2, 0.25) is 0 Å². The molecule has 2 aromatic rings. The normalized spacial score (nSPS) is 12.1. The van der Waals surface area contributed by atoms with Crippen molar-refractivity contribution in [3.05, 3.63) is 53.1 Å². The van der Waals surface area contributed by atoms with E-state index in [4.69, 9.17) is 21.1 Å². The Hall–Kier alpha value is -1.51. The SMILES string of the molecule is CCCCCCCCCc1ccc(-c2ccc(OCC(C)OCCCCCCCC)c(Cl)c2)cc1. The van der Waals surface area contributed by atoms with Gasteiger partial charge in [0.05, 0.1) is 11.1 Å². The van der Waals surface area contributed by atoms with Crippen molar-refractivity contribution in [3.8, 4) is 16.9 Å². The van der Waals surface area contributed by atoms with Crippen LogP contribution in [0.3, 0.4) is 0 Å². The first-order valence-corrected chi connectivity index (χ1v) is 14.6. The molecule has 0 saturated heterocycles. The second-order valence-electron chi connectivity index (χ2n) is 9.97. The Morgan fingerprint density at radius 1 is 0.686 bits per heavy atom. The summed E-state index contributed by atoms with van der Waals surface area (Å²) >= 11 is 6.55. The van der Waals surface area contributed by atoms with Crippen molar-refractivity contribution in [1.82, 2.24) is 0 Å². The summed E-state index contributed by atoms with van der Waals surface area (Å²) in [7, 11) is 0. The lowest BCUT2D eigenvalue weighted by Crippen LogP contribution is -2.18. The van der Waals surface area contributed by atoms with Crippen LogP contribution in [0.5, 0.6) is 5.75 Å². The minimum absolute atomic E-state index is 0.0604. The summed E-state index contributed by atoms with van der Waals surface area (Å²) in [6, 6.07) is 15.0. The zero-order valence-corrected chi connectivity index (χ0v) is 23.4. The van der Waals surface area contributed by atoms with Crippen molar-refractivity contribution in [3.63, 3.8) is 0 Å². The molecule has 35 heavy (non-hydrogen) atoms. The Morgan fingerprint density at radius 2 is 1.26 bits per heavy atom. The summed E-state index contributed by atoms with van der Waals surface area (Å²) in [5.74, 6) is 0.723. The molecule has 1 atom stereocenters. The smallest absolute Gasteiger partial charge is 0.138 e. The monoisotopic (exact) mass is 500 g/mol. The summed E-state index contributed by atoms with van der Waals surface area (Å²) in [4.78, 5) is 0. The van der Waals surface area contributed by atoms with Gasteiger partial charge < -0.3 is 9.47 Å². The van der Waals surface area contributed by atoms with Gasteiger partial charge in [-0.15, -0.1) is 0 Å². The molecular weight excluding hydrogens is 452 g/mol. The fraction of sp³-hybridized carbons (Fsp3) is 0.625. The Morgan fingerprint density at radius 3 is 1.89 bits per heavy atom. The van der Waals surface area contributed by atoms with Crippen molar-refractivity contribution in [2.24, 2.45) is 0 Å². The third kappa shape index (κ3) is 12.8. The topological polar surface area (TPSA) is 18.5 Å². The molecule has 196 valence electrons. The van der Waals surface area contributed by atoms with Gasteiger partial charge in [0.25, 0.3) is 0 Å². The van der Waals surface area contributed by atoms with Gasteiger partial charge >= 0.3 is 0 Å². The van der Waals surface area contributed by atoms with E-state index >= 15 is 0 Å². The van der Waals surface area contributed by atoms with Crippen LogP contribution in [-0.2, 0) is 11.2 Å². The number of hydrogen-bond donors (Lipinski definition) is 0. The van der Waals surface area contributed by atoms with Gasteiger partial charge in [-0.05, 0) is 55.0 Å². The number of halogens is 1. The highest BCUT2D eigenvalue weighted by Gasteiger charge is 2.08. The minimum Gasteiger partial charge on any atom is -0.489 e. The summed E-state index contributed by atoms with van der Waals surface area (Å²) in [5, 5.41) is 0.651. The summed E-state index contributed by atoms with van der Waals surface area (Å²) in [5.41, 5.74) is 3.73. The highest BCUT2D eigenvalue weighted by atomic mass is 35.5. The lowest BCUT2D eigenvalue weighted by Gasteiger charge is -2.15. The summed E-state index contributed by atoms with van der Waals surface area (Å²) < 4.78 is 11.9. The molecule has 0 saturated carbocycles. The standard InChI is InChI=1S/C32H49ClO2/c1-4-6-8-10-12-13-15-17-28-18-20-29(21-19-28)30-22-23-32(31(33)25-30)35-26-27(3)34-24-16-14-11-9-7-5-2/h18-23,25,27H,4-17,24,26H2,1-3H3. The predicted octanol–water partition coefficient (Wildman–Crippen LogP) is 10.4. The number of ether oxygens (including phenoxy) is 2. The Bertz CT molecular complexity index is 787. The van der Waals surface area contributed by atoms with Gasteiger partial charge in [-0.2, -0.15) is 0 Å². The molecular formula is C32H49ClO2. The van der Waals surface area contributed by atoms with Gasteiger partial charge in [-0.1, -0.05) is 126 Å². The fourth-order valence-corrected chi connectivity index (χ4v) is 4.60. The first kappa shape index (κ1) is 29.7. The van der Waals surface area contributed by atoms with Gasteiger partial charge in [-0.25, -0.2) is 0 Å². The molecule has 0 amide bonds. The van der Waals surface area contributed by atoms with Gasteiger partial charge in [0, 0.05) is 6.61 Å². The van der Waals surface area contributed by atoms with Crippen LogP contribution in [0.2, 0.25) is 5.02 Å². The van der Waals surface area contributed by atoms with E-state index in [1.54, 1.807) is 0 Å². The van der Waals surface area contributed by atoms with Crippen LogP contribution in [0.1, 0.15) is 110 Å². The van der Waals surface area contributed by atoms with Crippen LogP contribution in [0.4, 0.5) is 0 Å². The van der Waals surface area contributed by atoms with Crippen LogP contribution < -0.4 is 4.74 Å².